The number of carbonyl (C=O) groups excluding carboxylic acids is 1. The third-order valence-electron chi connectivity index (χ3n) is 2.91. The van der Waals surface area contributed by atoms with Gasteiger partial charge in [-0.25, -0.2) is 4.79 Å². The van der Waals surface area contributed by atoms with E-state index in [-0.39, 0.29) is 0 Å². The van der Waals surface area contributed by atoms with Gasteiger partial charge in [0.05, 0.1) is 30.7 Å². The molecule has 5 nitrogen and oxygen atoms in total. The van der Waals surface area contributed by atoms with Gasteiger partial charge in [-0.1, -0.05) is 0 Å². The van der Waals surface area contributed by atoms with E-state index in [1.807, 2.05) is 0 Å². The van der Waals surface area contributed by atoms with Gasteiger partial charge < -0.3 is 18.6 Å². The molecule has 1 aromatic carbocycles. The number of ether oxygens (including phenoxy) is 3. The fourth-order valence-corrected chi connectivity index (χ4v) is 2.68. The zero-order chi connectivity index (χ0) is 14.9. The third kappa shape index (κ3) is 2.24. The summed E-state index contributed by atoms with van der Waals surface area (Å²) < 4.78 is 22.1. The van der Waals surface area contributed by atoms with Crippen LogP contribution in [-0.4, -0.2) is 26.8 Å². The molecule has 0 amide bonds. The average molecular weight is 343 g/mol. The minimum absolute atomic E-state index is 0.293. The Morgan fingerprint density at radius 1 is 1.30 bits per heavy atom. The van der Waals surface area contributed by atoms with Crippen LogP contribution in [0.15, 0.2) is 15.0 Å². The molecule has 2 rings (SSSR count). The summed E-state index contributed by atoms with van der Waals surface area (Å²) in [6.07, 6.45) is 0. The third-order valence-corrected chi connectivity index (χ3v) is 3.50. The second-order valence-electron chi connectivity index (χ2n) is 4.05. The first-order chi connectivity index (χ1) is 9.54. The highest BCUT2D eigenvalue weighted by atomic mass is 79.9. The Balaban J connectivity index is 2.82. The number of hydrogen-bond acceptors (Lipinski definition) is 5. The van der Waals surface area contributed by atoms with Gasteiger partial charge in [0.1, 0.15) is 16.9 Å². The summed E-state index contributed by atoms with van der Waals surface area (Å²) in [6, 6.07) is 1.74. The number of benzene rings is 1. The summed E-state index contributed by atoms with van der Waals surface area (Å²) in [5, 5.41) is 0.559. The number of methoxy groups -OCH3 is 2. The smallest absolute Gasteiger partial charge is 0.342 e. The van der Waals surface area contributed by atoms with Crippen LogP contribution >= 0.6 is 15.9 Å². The van der Waals surface area contributed by atoms with Crippen LogP contribution in [0.3, 0.4) is 0 Å². The van der Waals surface area contributed by atoms with Crippen LogP contribution in [0.1, 0.15) is 23.0 Å². The number of rotatable bonds is 4. The van der Waals surface area contributed by atoms with Crippen molar-refractivity contribution in [1.82, 2.24) is 0 Å². The quantitative estimate of drug-likeness (QED) is 0.793. The van der Waals surface area contributed by atoms with Gasteiger partial charge in [-0.15, -0.1) is 0 Å². The Morgan fingerprint density at radius 3 is 2.50 bits per heavy atom. The SMILES string of the molecule is CCOC(=O)c1c(C)oc2cc(Br)c(OC)c(OC)c12. The lowest BCUT2D eigenvalue weighted by molar-refractivity contribution is 0.0526. The number of halogens is 1. The molecule has 20 heavy (non-hydrogen) atoms. The Bertz CT molecular complexity index is 659. The molecule has 0 bridgehead atoms. The van der Waals surface area contributed by atoms with E-state index in [0.29, 0.717) is 44.9 Å². The number of carbonyl (C=O) groups is 1. The van der Waals surface area contributed by atoms with Crippen LogP contribution in [0.4, 0.5) is 0 Å². The molecule has 0 saturated carbocycles. The second-order valence-corrected chi connectivity index (χ2v) is 4.91. The normalized spacial score (nSPS) is 10.7. The highest BCUT2D eigenvalue weighted by Gasteiger charge is 2.26. The summed E-state index contributed by atoms with van der Waals surface area (Å²) in [7, 11) is 3.05. The molecule has 0 spiro atoms. The van der Waals surface area contributed by atoms with Gasteiger partial charge in [-0.3, -0.25) is 0 Å². The Kier molecular flexibility index (Phi) is 4.23. The van der Waals surface area contributed by atoms with Crippen molar-refractivity contribution in [1.29, 1.82) is 0 Å². The van der Waals surface area contributed by atoms with E-state index in [1.165, 1.54) is 14.2 Å². The van der Waals surface area contributed by atoms with Crippen molar-refractivity contribution in [2.75, 3.05) is 20.8 Å². The molecule has 1 aromatic heterocycles. The fourth-order valence-electron chi connectivity index (χ4n) is 2.13. The predicted molar refractivity (Wildman–Crippen MR) is 77.7 cm³/mol. The summed E-state index contributed by atoms with van der Waals surface area (Å²) in [4.78, 5) is 12.1. The van der Waals surface area contributed by atoms with Crippen molar-refractivity contribution in [2.45, 2.75) is 13.8 Å². The van der Waals surface area contributed by atoms with Gasteiger partial charge in [0, 0.05) is 0 Å². The van der Waals surface area contributed by atoms with Crippen LogP contribution < -0.4 is 9.47 Å². The van der Waals surface area contributed by atoms with E-state index < -0.39 is 5.97 Å². The van der Waals surface area contributed by atoms with Crippen LogP contribution in [-0.2, 0) is 4.74 Å². The van der Waals surface area contributed by atoms with Crippen molar-refractivity contribution in [3.63, 3.8) is 0 Å². The molecule has 108 valence electrons. The summed E-state index contributed by atoms with van der Waals surface area (Å²) in [5.41, 5.74) is 0.902. The lowest BCUT2D eigenvalue weighted by atomic mass is 10.1. The standard InChI is InChI=1S/C14H15BrO5/c1-5-19-14(16)10-7(2)20-9-6-8(15)12(17-3)13(18-4)11(9)10/h6H,5H2,1-4H3. The van der Waals surface area contributed by atoms with Gasteiger partial charge in [0.2, 0.25) is 0 Å². The van der Waals surface area contributed by atoms with Crippen molar-refractivity contribution >= 4 is 32.9 Å². The maximum absolute atomic E-state index is 12.1. The van der Waals surface area contributed by atoms with Crippen LogP contribution in [0.25, 0.3) is 11.0 Å². The van der Waals surface area contributed by atoms with Crippen molar-refractivity contribution in [3.05, 3.63) is 21.9 Å². The molecule has 0 saturated heterocycles. The number of fused-ring (bicyclic) bond motifs is 1. The zero-order valence-electron chi connectivity index (χ0n) is 11.7. The number of hydrogen-bond donors (Lipinski definition) is 0. The highest BCUT2D eigenvalue weighted by Crippen LogP contribution is 2.44. The zero-order valence-corrected chi connectivity index (χ0v) is 13.3. The van der Waals surface area contributed by atoms with E-state index in [1.54, 1.807) is 19.9 Å². The number of esters is 1. The van der Waals surface area contributed by atoms with Crippen LogP contribution in [0.2, 0.25) is 0 Å². The van der Waals surface area contributed by atoms with Gasteiger partial charge >= 0.3 is 5.97 Å². The maximum Gasteiger partial charge on any atom is 0.342 e. The summed E-state index contributed by atoms with van der Waals surface area (Å²) in [6.45, 7) is 3.76. The lowest BCUT2D eigenvalue weighted by Crippen LogP contribution is -2.06. The lowest BCUT2D eigenvalue weighted by Gasteiger charge is -2.11. The molecule has 0 aliphatic carbocycles. The Morgan fingerprint density at radius 2 is 1.95 bits per heavy atom. The van der Waals surface area contributed by atoms with Crippen LogP contribution in [0.5, 0.6) is 11.5 Å². The van der Waals surface area contributed by atoms with Crippen LogP contribution in [0, 0.1) is 6.92 Å². The Labute approximate surface area is 124 Å². The topological polar surface area (TPSA) is 57.9 Å². The van der Waals surface area contributed by atoms with E-state index in [0.717, 1.165) is 0 Å². The first kappa shape index (κ1) is 14.7. The number of furan rings is 1. The number of aryl methyl sites for hydroxylation is 1. The molecule has 0 unspecified atom stereocenters. The molecule has 0 atom stereocenters. The average Bonchev–Trinajstić information content (AvgIpc) is 2.72. The maximum atomic E-state index is 12.1. The second kappa shape index (κ2) is 5.75. The minimum atomic E-state index is -0.438. The van der Waals surface area contributed by atoms with Crippen molar-refractivity contribution in [3.8, 4) is 11.5 Å². The Hall–Kier alpha value is -1.69. The predicted octanol–water partition coefficient (Wildman–Crippen LogP) is 3.70. The van der Waals surface area contributed by atoms with E-state index in [4.69, 9.17) is 18.6 Å². The summed E-state index contributed by atoms with van der Waals surface area (Å²) in [5.74, 6) is 0.992. The molecule has 0 fully saturated rings. The van der Waals surface area contributed by atoms with Gasteiger partial charge in [-0.2, -0.15) is 0 Å². The molecule has 6 heteroatoms. The van der Waals surface area contributed by atoms with E-state index in [9.17, 15) is 4.79 Å². The highest BCUT2D eigenvalue weighted by molar-refractivity contribution is 9.10. The molecule has 0 N–H and O–H groups in total. The van der Waals surface area contributed by atoms with Gasteiger partial charge in [0.25, 0.3) is 0 Å². The molecule has 0 aliphatic rings. The van der Waals surface area contributed by atoms with Crippen molar-refractivity contribution in [2.24, 2.45) is 0 Å². The summed E-state index contributed by atoms with van der Waals surface area (Å²) >= 11 is 3.39. The largest absolute Gasteiger partial charge is 0.492 e. The molecule has 0 aliphatic heterocycles. The fraction of sp³-hybridized carbons (Fsp3) is 0.357. The molecule has 0 radical (unpaired) electrons. The minimum Gasteiger partial charge on any atom is -0.492 e. The van der Waals surface area contributed by atoms with E-state index >= 15 is 0 Å². The molecular formula is C14H15BrO5. The first-order valence-electron chi connectivity index (χ1n) is 6.05. The van der Waals surface area contributed by atoms with Gasteiger partial charge in [0.15, 0.2) is 11.5 Å². The molecule has 1 heterocycles. The monoisotopic (exact) mass is 342 g/mol. The molecular weight excluding hydrogens is 328 g/mol. The van der Waals surface area contributed by atoms with Crippen molar-refractivity contribution < 1.29 is 23.4 Å². The van der Waals surface area contributed by atoms with E-state index in [2.05, 4.69) is 15.9 Å². The van der Waals surface area contributed by atoms with Gasteiger partial charge in [-0.05, 0) is 35.8 Å². The first-order valence-corrected chi connectivity index (χ1v) is 6.85. The molecule has 2 aromatic rings.